The molecule has 0 aliphatic rings. The molecule has 0 saturated carbocycles. The van der Waals surface area contributed by atoms with Crippen molar-refractivity contribution in [3.05, 3.63) is 69.3 Å². The Morgan fingerprint density at radius 1 is 0.943 bits per heavy atom. The van der Waals surface area contributed by atoms with Crippen LogP contribution >= 0.6 is 0 Å². The third-order valence-electron chi connectivity index (χ3n) is 4.42. The van der Waals surface area contributed by atoms with Crippen LogP contribution in [0.15, 0.2) is 42.5 Å². The van der Waals surface area contributed by atoms with Gasteiger partial charge in [0.25, 0.3) is 17.5 Å². The summed E-state index contributed by atoms with van der Waals surface area (Å²) in [6.07, 6.45) is 0. The average Bonchev–Trinajstić information content (AvgIpc) is 2.85. The Bertz CT molecular complexity index is 1140. The molecule has 0 aliphatic heterocycles. The van der Waals surface area contributed by atoms with Crippen LogP contribution in [0.25, 0.3) is 0 Å². The zero-order valence-electron chi connectivity index (χ0n) is 18.9. The van der Waals surface area contributed by atoms with Gasteiger partial charge in [-0.1, -0.05) is 6.07 Å². The van der Waals surface area contributed by atoms with Gasteiger partial charge in [-0.25, -0.2) is 14.4 Å². The lowest BCUT2D eigenvalue weighted by atomic mass is 10.1. The van der Waals surface area contributed by atoms with Crippen LogP contribution in [0.4, 0.5) is 11.4 Å². The number of nitrogens with one attached hydrogen (secondary N) is 2. The van der Waals surface area contributed by atoms with Gasteiger partial charge in [0, 0.05) is 23.4 Å². The largest absolute Gasteiger partial charge is 0.465 e. The molecule has 0 radical (unpaired) electrons. The van der Waals surface area contributed by atoms with E-state index >= 15 is 0 Å². The van der Waals surface area contributed by atoms with Gasteiger partial charge in [-0.05, 0) is 31.2 Å². The third kappa shape index (κ3) is 7.35. The molecule has 0 saturated heterocycles. The fourth-order valence-electron chi connectivity index (χ4n) is 2.73. The second kappa shape index (κ2) is 11.9. The number of hydrogen-bond acceptors (Lipinski definition) is 10. The van der Waals surface area contributed by atoms with E-state index in [4.69, 9.17) is 4.74 Å². The zero-order valence-corrected chi connectivity index (χ0v) is 18.9. The zero-order chi connectivity index (χ0) is 26.1. The number of carbonyl (C=O) groups is 5. The molecule has 35 heavy (non-hydrogen) atoms. The molecular formula is C22H21N3O10. The first kappa shape index (κ1) is 26.4. The molecule has 0 heterocycles. The monoisotopic (exact) mass is 487 g/mol. The fraction of sp³-hybridized carbons (Fsp3) is 0.227. The topological polar surface area (TPSA) is 180 Å². The lowest BCUT2D eigenvalue weighted by molar-refractivity contribution is -0.384. The molecular weight excluding hydrogens is 466 g/mol. The number of ether oxygens (including phenoxy) is 3. The lowest BCUT2D eigenvalue weighted by Crippen LogP contribution is -2.40. The second-order valence-electron chi connectivity index (χ2n) is 6.94. The van der Waals surface area contributed by atoms with Gasteiger partial charge >= 0.3 is 17.9 Å². The number of anilines is 1. The number of carbonyl (C=O) groups excluding carboxylic acids is 5. The highest BCUT2D eigenvalue weighted by Crippen LogP contribution is 2.17. The molecule has 0 fully saturated rings. The molecule has 2 aromatic carbocycles. The van der Waals surface area contributed by atoms with E-state index in [9.17, 15) is 34.1 Å². The lowest BCUT2D eigenvalue weighted by Gasteiger charge is -2.14. The Labute approximate surface area is 198 Å². The predicted molar refractivity (Wildman–Crippen MR) is 119 cm³/mol. The van der Waals surface area contributed by atoms with Gasteiger partial charge in [0.1, 0.15) is 6.04 Å². The number of nitrogens with zero attached hydrogens (tertiary/aromatic N) is 1. The van der Waals surface area contributed by atoms with Crippen LogP contribution in [0, 0.1) is 10.1 Å². The molecule has 0 unspecified atom stereocenters. The van der Waals surface area contributed by atoms with Crippen LogP contribution in [0.1, 0.15) is 38.0 Å². The molecule has 13 nitrogen and oxygen atoms in total. The Balaban J connectivity index is 1.98. The van der Waals surface area contributed by atoms with E-state index in [-0.39, 0.29) is 28.1 Å². The molecule has 2 amide bonds. The number of nitro benzene ring substituents is 1. The molecule has 2 aromatic rings. The SMILES string of the molecule is COC(=O)c1cc(NC(=O)COC(=O)[C@H](C)NC(=O)c2cccc([N+](=O)[O-])c2)cc(C(=O)OC)c1. The van der Waals surface area contributed by atoms with Crippen LogP contribution in [0.3, 0.4) is 0 Å². The minimum atomic E-state index is -1.18. The van der Waals surface area contributed by atoms with Crippen LogP contribution < -0.4 is 10.6 Å². The summed E-state index contributed by atoms with van der Waals surface area (Å²) in [4.78, 5) is 70.4. The summed E-state index contributed by atoms with van der Waals surface area (Å²) in [5.41, 5.74) is -0.346. The van der Waals surface area contributed by atoms with Crippen molar-refractivity contribution in [2.45, 2.75) is 13.0 Å². The summed E-state index contributed by atoms with van der Waals surface area (Å²) >= 11 is 0. The van der Waals surface area contributed by atoms with E-state index in [0.717, 1.165) is 20.3 Å². The number of benzene rings is 2. The number of amides is 2. The first-order valence-electron chi connectivity index (χ1n) is 9.89. The van der Waals surface area contributed by atoms with Gasteiger partial charge in [-0.3, -0.25) is 19.7 Å². The first-order valence-corrected chi connectivity index (χ1v) is 9.89. The molecule has 2 N–H and O–H groups in total. The minimum absolute atomic E-state index is 0.0276. The van der Waals surface area contributed by atoms with Gasteiger partial charge < -0.3 is 24.8 Å². The van der Waals surface area contributed by atoms with Crippen LogP contribution in [-0.4, -0.2) is 61.5 Å². The summed E-state index contributed by atoms with van der Waals surface area (Å²) in [6, 6.07) is 7.45. The summed E-state index contributed by atoms with van der Waals surface area (Å²) in [7, 11) is 2.29. The van der Waals surface area contributed by atoms with Gasteiger partial charge in [-0.2, -0.15) is 0 Å². The quantitative estimate of drug-likeness (QED) is 0.227. The molecule has 0 aliphatic carbocycles. The molecule has 2 rings (SSSR count). The van der Waals surface area contributed by atoms with Crippen LogP contribution in [-0.2, 0) is 23.8 Å². The fourth-order valence-corrected chi connectivity index (χ4v) is 2.73. The first-order chi connectivity index (χ1) is 16.5. The average molecular weight is 487 g/mol. The smallest absolute Gasteiger partial charge is 0.337 e. The summed E-state index contributed by atoms with van der Waals surface area (Å²) in [5, 5.41) is 15.5. The molecule has 184 valence electrons. The standard InChI is InChI=1S/C22H21N3O10/c1-12(23-19(27)13-5-4-6-17(10-13)25(31)32)20(28)35-11-18(26)24-16-8-14(21(29)33-2)7-15(9-16)22(30)34-3/h4-10,12H,11H2,1-3H3,(H,23,27)(H,24,26)/t12-/m0/s1. The molecule has 0 aromatic heterocycles. The van der Waals surface area contributed by atoms with Gasteiger partial charge in [0.15, 0.2) is 6.61 Å². The maximum atomic E-state index is 12.2. The summed E-state index contributed by atoms with van der Waals surface area (Å²) in [5.74, 6) is -4.01. The van der Waals surface area contributed by atoms with E-state index < -0.39 is 47.3 Å². The number of esters is 3. The normalized spacial score (nSPS) is 10.9. The minimum Gasteiger partial charge on any atom is -0.465 e. The van der Waals surface area contributed by atoms with Crippen molar-refractivity contribution in [1.82, 2.24) is 5.32 Å². The van der Waals surface area contributed by atoms with E-state index in [2.05, 4.69) is 20.1 Å². The maximum absolute atomic E-state index is 12.2. The number of rotatable bonds is 9. The van der Waals surface area contributed by atoms with Crippen molar-refractivity contribution in [3.63, 3.8) is 0 Å². The van der Waals surface area contributed by atoms with Gasteiger partial charge in [-0.15, -0.1) is 0 Å². The van der Waals surface area contributed by atoms with Crippen LogP contribution in [0.5, 0.6) is 0 Å². The third-order valence-corrected chi connectivity index (χ3v) is 4.42. The number of methoxy groups -OCH3 is 2. The second-order valence-corrected chi connectivity index (χ2v) is 6.94. The van der Waals surface area contributed by atoms with Crippen LogP contribution in [0.2, 0.25) is 0 Å². The molecule has 0 bridgehead atoms. The number of non-ortho nitro benzene ring substituents is 1. The van der Waals surface area contributed by atoms with Gasteiger partial charge in [0.2, 0.25) is 0 Å². The van der Waals surface area contributed by atoms with Crippen molar-refractivity contribution >= 4 is 41.1 Å². The van der Waals surface area contributed by atoms with Crippen molar-refractivity contribution < 1.29 is 43.1 Å². The van der Waals surface area contributed by atoms with E-state index in [1.807, 2.05) is 0 Å². The molecule has 0 spiro atoms. The molecule has 13 heteroatoms. The Hall–Kier alpha value is -4.81. The van der Waals surface area contributed by atoms with Gasteiger partial charge in [0.05, 0.1) is 30.3 Å². The van der Waals surface area contributed by atoms with E-state index in [1.165, 1.54) is 43.3 Å². The highest BCUT2D eigenvalue weighted by Gasteiger charge is 2.21. The van der Waals surface area contributed by atoms with Crippen molar-refractivity contribution in [2.24, 2.45) is 0 Å². The van der Waals surface area contributed by atoms with Crippen molar-refractivity contribution in [2.75, 3.05) is 26.1 Å². The highest BCUT2D eigenvalue weighted by atomic mass is 16.6. The van der Waals surface area contributed by atoms with Crippen molar-refractivity contribution in [1.29, 1.82) is 0 Å². The Kier molecular flexibility index (Phi) is 8.97. The maximum Gasteiger partial charge on any atom is 0.337 e. The summed E-state index contributed by atoms with van der Waals surface area (Å²) in [6.45, 7) is 0.559. The van der Waals surface area contributed by atoms with Crippen molar-refractivity contribution in [3.8, 4) is 0 Å². The predicted octanol–water partition coefficient (Wildman–Crippen LogP) is 1.47. The molecule has 1 atom stereocenters. The number of hydrogen-bond donors (Lipinski definition) is 2. The Morgan fingerprint density at radius 3 is 2.09 bits per heavy atom. The van der Waals surface area contributed by atoms with E-state index in [1.54, 1.807) is 0 Å². The number of nitro groups is 1. The highest BCUT2D eigenvalue weighted by molar-refractivity contribution is 6.00. The summed E-state index contributed by atoms with van der Waals surface area (Å²) < 4.78 is 14.1. The Morgan fingerprint density at radius 2 is 1.54 bits per heavy atom. The van der Waals surface area contributed by atoms with E-state index in [0.29, 0.717) is 0 Å².